The fourth-order valence-electron chi connectivity index (χ4n) is 2.79. The molecule has 0 N–H and O–H groups in total. The molecule has 0 saturated carbocycles. The summed E-state index contributed by atoms with van der Waals surface area (Å²) >= 11 is 1.73. The van der Waals surface area contributed by atoms with Crippen LogP contribution in [0.25, 0.3) is 11.5 Å². The van der Waals surface area contributed by atoms with Crippen molar-refractivity contribution in [3.05, 3.63) is 52.3 Å². The molecule has 0 aliphatic heterocycles. The van der Waals surface area contributed by atoms with Gasteiger partial charge in [0, 0.05) is 4.90 Å². The van der Waals surface area contributed by atoms with Gasteiger partial charge in [0.05, 0.1) is 11.3 Å². The van der Waals surface area contributed by atoms with Gasteiger partial charge >= 0.3 is 0 Å². The van der Waals surface area contributed by atoms with Gasteiger partial charge in [-0.05, 0) is 51.8 Å². The summed E-state index contributed by atoms with van der Waals surface area (Å²) in [7, 11) is 0. The first-order valence-corrected chi connectivity index (χ1v) is 8.53. The van der Waals surface area contributed by atoms with Crippen LogP contribution in [0.3, 0.4) is 0 Å². The second-order valence-corrected chi connectivity index (χ2v) is 6.83. The molecule has 0 bridgehead atoms. The Bertz CT molecular complexity index is 826. The Kier molecular flexibility index (Phi) is 4.31. The highest BCUT2D eigenvalue weighted by Crippen LogP contribution is 2.31. The van der Waals surface area contributed by atoms with Crippen LogP contribution in [0.4, 0.5) is 0 Å². The Morgan fingerprint density at radius 2 is 1.61 bits per heavy atom. The van der Waals surface area contributed by atoms with Crippen molar-refractivity contribution >= 4 is 11.8 Å². The highest BCUT2D eigenvalue weighted by Gasteiger charge is 2.15. The summed E-state index contributed by atoms with van der Waals surface area (Å²) in [6.07, 6.45) is 0. The topological polar surface area (TPSA) is 52.1 Å². The molecule has 1 aromatic carbocycles. The number of aryl methyl sites for hydroxylation is 5. The lowest BCUT2D eigenvalue weighted by Crippen LogP contribution is -1.89. The summed E-state index contributed by atoms with van der Waals surface area (Å²) in [6.45, 7) is 10.2. The minimum Gasteiger partial charge on any atom is -0.466 e. The van der Waals surface area contributed by atoms with Crippen LogP contribution in [0.2, 0.25) is 0 Å². The number of thioether (sulfide) groups is 1. The van der Waals surface area contributed by atoms with E-state index in [0.29, 0.717) is 17.5 Å². The number of furan rings is 1. The van der Waals surface area contributed by atoms with Crippen LogP contribution >= 0.6 is 11.8 Å². The van der Waals surface area contributed by atoms with E-state index >= 15 is 0 Å². The van der Waals surface area contributed by atoms with E-state index in [1.165, 1.54) is 21.6 Å². The molecule has 0 unspecified atom stereocenters. The van der Waals surface area contributed by atoms with Gasteiger partial charge < -0.3 is 8.83 Å². The van der Waals surface area contributed by atoms with E-state index in [0.717, 1.165) is 17.1 Å². The van der Waals surface area contributed by atoms with E-state index in [4.69, 9.17) is 8.83 Å². The second kappa shape index (κ2) is 6.24. The van der Waals surface area contributed by atoms with Crippen molar-refractivity contribution in [3.63, 3.8) is 0 Å². The summed E-state index contributed by atoms with van der Waals surface area (Å²) in [6, 6.07) is 6.33. The standard InChI is InChI=1S/C18H20N2O2S/c1-10-6-11(2)17(12(3)7-10)23-9-16-19-20-18(22-16)15-8-13(4)21-14(15)5/h6-8H,9H2,1-5H3. The van der Waals surface area contributed by atoms with Crippen LogP contribution in [0.5, 0.6) is 0 Å². The van der Waals surface area contributed by atoms with Crippen molar-refractivity contribution in [3.8, 4) is 11.5 Å². The highest BCUT2D eigenvalue weighted by atomic mass is 32.2. The van der Waals surface area contributed by atoms with E-state index in [1.54, 1.807) is 11.8 Å². The molecule has 0 aliphatic carbocycles. The predicted molar refractivity (Wildman–Crippen MR) is 91.7 cm³/mol. The molecule has 0 aliphatic rings. The summed E-state index contributed by atoms with van der Waals surface area (Å²) < 4.78 is 11.3. The molecule has 0 radical (unpaired) electrons. The van der Waals surface area contributed by atoms with Crippen LogP contribution in [-0.4, -0.2) is 10.2 Å². The third kappa shape index (κ3) is 3.34. The molecule has 3 aromatic rings. The molecule has 23 heavy (non-hydrogen) atoms. The Morgan fingerprint density at radius 3 is 2.22 bits per heavy atom. The maximum atomic E-state index is 5.79. The Hall–Kier alpha value is -2.01. The lowest BCUT2D eigenvalue weighted by molar-refractivity contribution is 0.499. The number of aromatic nitrogens is 2. The van der Waals surface area contributed by atoms with Gasteiger partial charge in [-0.3, -0.25) is 0 Å². The fraction of sp³-hybridized carbons (Fsp3) is 0.333. The average Bonchev–Trinajstić information content (AvgIpc) is 3.04. The van der Waals surface area contributed by atoms with E-state index in [-0.39, 0.29) is 0 Å². The first-order valence-electron chi connectivity index (χ1n) is 7.54. The minimum atomic E-state index is 0.521. The summed E-state index contributed by atoms with van der Waals surface area (Å²) in [5.74, 6) is 3.45. The molecule has 0 saturated heterocycles. The molecule has 120 valence electrons. The summed E-state index contributed by atoms with van der Waals surface area (Å²) in [5.41, 5.74) is 4.73. The van der Waals surface area contributed by atoms with Crippen molar-refractivity contribution in [1.29, 1.82) is 0 Å². The SMILES string of the molecule is Cc1cc(C)c(SCc2nnc(-c3cc(C)oc3C)o2)c(C)c1. The molecule has 0 spiro atoms. The van der Waals surface area contributed by atoms with Gasteiger partial charge in [0.25, 0.3) is 5.89 Å². The van der Waals surface area contributed by atoms with Crippen LogP contribution in [0.15, 0.2) is 31.9 Å². The largest absolute Gasteiger partial charge is 0.466 e. The van der Waals surface area contributed by atoms with Crippen LogP contribution in [0, 0.1) is 34.6 Å². The van der Waals surface area contributed by atoms with Crippen molar-refractivity contribution in [1.82, 2.24) is 10.2 Å². The molecule has 5 heteroatoms. The van der Waals surface area contributed by atoms with Crippen LogP contribution in [0.1, 0.15) is 34.1 Å². The minimum absolute atomic E-state index is 0.521. The van der Waals surface area contributed by atoms with Crippen molar-refractivity contribution in [2.24, 2.45) is 0 Å². The predicted octanol–water partition coefficient (Wildman–Crippen LogP) is 5.16. The van der Waals surface area contributed by atoms with E-state index < -0.39 is 0 Å². The van der Waals surface area contributed by atoms with Gasteiger partial charge in [0.2, 0.25) is 5.89 Å². The van der Waals surface area contributed by atoms with Gasteiger partial charge in [0.15, 0.2) is 0 Å². The summed E-state index contributed by atoms with van der Waals surface area (Å²) in [5, 5.41) is 8.30. The molecule has 4 nitrogen and oxygen atoms in total. The third-order valence-electron chi connectivity index (χ3n) is 3.68. The Balaban J connectivity index is 1.77. The maximum absolute atomic E-state index is 5.79. The van der Waals surface area contributed by atoms with E-state index in [2.05, 4.69) is 43.1 Å². The van der Waals surface area contributed by atoms with Crippen molar-refractivity contribution in [2.75, 3.05) is 0 Å². The van der Waals surface area contributed by atoms with Gasteiger partial charge in [-0.15, -0.1) is 22.0 Å². The Labute approximate surface area is 140 Å². The first kappa shape index (κ1) is 15.9. The van der Waals surface area contributed by atoms with Crippen molar-refractivity contribution < 1.29 is 8.83 Å². The van der Waals surface area contributed by atoms with Crippen LogP contribution < -0.4 is 0 Å². The molecular weight excluding hydrogens is 308 g/mol. The zero-order chi connectivity index (χ0) is 16.6. The number of nitrogens with zero attached hydrogens (tertiary/aromatic N) is 2. The van der Waals surface area contributed by atoms with Gasteiger partial charge in [-0.1, -0.05) is 17.7 Å². The first-order chi connectivity index (χ1) is 10.9. The average molecular weight is 328 g/mol. The molecule has 3 rings (SSSR count). The van der Waals surface area contributed by atoms with Gasteiger partial charge in [-0.25, -0.2) is 0 Å². The molecule has 0 fully saturated rings. The molecule has 2 aromatic heterocycles. The normalized spacial score (nSPS) is 11.2. The van der Waals surface area contributed by atoms with Crippen LogP contribution in [-0.2, 0) is 5.75 Å². The number of rotatable bonds is 4. The Morgan fingerprint density at radius 1 is 0.913 bits per heavy atom. The smallest absolute Gasteiger partial charge is 0.251 e. The van der Waals surface area contributed by atoms with E-state index in [9.17, 15) is 0 Å². The molecule has 2 heterocycles. The molecule has 0 amide bonds. The summed E-state index contributed by atoms with van der Waals surface area (Å²) in [4.78, 5) is 1.28. The quantitative estimate of drug-likeness (QED) is 0.619. The molecular formula is C18H20N2O2S. The zero-order valence-corrected chi connectivity index (χ0v) is 14.9. The maximum Gasteiger partial charge on any atom is 0.251 e. The lowest BCUT2D eigenvalue weighted by atomic mass is 10.1. The zero-order valence-electron chi connectivity index (χ0n) is 14.1. The van der Waals surface area contributed by atoms with E-state index in [1.807, 2.05) is 19.9 Å². The number of benzene rings is 1. The molecule has 0 atom stereocenters. The van der Waals surface area contributed by atoms with Gasteiger partial charge in [-0.2, -0.15) is 0 Å². The second-order valence-electron chi connectivity index (χ2n) is 5.84. The monoisotopic (exact) mass is 328 g/mol. The van der Waals surface area contributed by atoms with Crippen molar-refractivity contribution in [2.45, 2.75) is 45.3 Å². The lowest BCUT2D eigenvalue weighted by Gasteiger charge is -2.09. The van der Waals surface area contributed by atoms with Gasteiger partial charge in [0.1, 0.15) is 11.5 Å². The third-order valence-corrected chi connectivity index (χ3v) is 5.01. The fourth-order valence-corrected chi connectivity index (χ4v) is 3.75. The number of hydrogen-bond donors (Lipinski definition) is 0. The highest BCUT2D eigenvalue weighted by molar-refractivity contribution is 7.98. The number of hydrogen-bond acceptors (Lipinski definition) is 5.